The molecule has 0 saturated carbocycles. The van der Waals surface area contributed by atoms with E-state index in [2.05, 4.69) is 27.4 Å². The molecular weight excluding hydrogens is 613 g/mol. The van der Waals surface area contributed by atoms with Crippen LogP contribution in [0.2, 0.25) is 0 Å². The third-order valence-corrected chi connectivity index (χ3v) is 9.58. The van der Waals surface area contributed by atoms with Crippen LogP contribution in [-0.4, -0.2) is 97.1 Å². The fourth-order valence-corrected chi connectivity index (χ4v) is 6.65. The second kappa shape index (κ2) is 18.4. The molecule has 0 spiro atoms. The van der Waals surface area contributed by atoms with Crippen LogP contribution in [0.4, 0.5) is 15.6 Å². The number of carbonyl (C=O) groups excluding carboxylic acids is 3. The number of nitrogens with one attached hydrogen (secondary N) is 2. The summed E-state index contributed by atoms with van der Waals surface area (Å²) in [6.45, 7) is 8.58. The number of hydrogen-bond donors (Lipinski definition) is 2. The van der Waals surface area contributed by atoms with E-state index in [1.54, 1.807) is 4.90 Å². The van der Waals surface area contributed by atoms with E-state index in [1.807, 2.05) is 80.5 Å². The number of unbranched alkanes of at least 4 members (excludes halogenated alkanes) is 2. The van der Waals surface area contributed by atoms with E-state index in [9.17, 15) is 14.4 Å². The fourth-order valence-electron chi connectivity index (χ4n) is 5.66. The maximum atomic E-state index is 12.7. The zero-order valence-electron chi connectivity index (χ0n) is 28.3. The average molecular weight is 663 g/mol. The Balaban J connectivity index is 1.06. The van der Waals surface area contributed by atoms with Crippen LogP contribution in [0.3, 0.4) is 0 Å². The lowest BCUT2D eigenvalue weighted by Gasteiger charge is -2.32. The molecule has 1 aliphatic heterocycles. The highest BCUT2D eigenvalue weighted by Crippen LogP contribution is 2.28. The van der Waals surface area contributed by atoms with Gasteiger partial charge in [0.1, 0.15) is 11.0 Å². The van der Waals surface area contributed by atoms with Crippen molar-refractivity contribution in [2.45, 2.75) is 64.9 Å². The van der Waals surface area contributed by atoms with Crippen molar-refractivity contribution in [2.75, 3.05) is 64.0 Å². The molecule has 11 heteroatoms. The number of hydrogen-bond acceptors (Lipinski definition) is 8. The maximum absolute atomic E-state index is 12.7. The first-order chi connectivity index (χ1) is 22.7. The highest BCUT2D eigenvalue weighted by molar-refractivity contribution is 7.17. The minimum absolute atomic E-state index is 0.0255. The van der Waals surface area contributed by atoms with E-state index in [0.29, 0.717) is 17.8 Å². The largest absolute Gasteiger partial charge is 0.446 e. The van der Waals surface area contributed by atoms with Gasteiger partial charge in [0.15, 0.2) is 5.13 Å². The van der Waals surface area contributed by atoms with Crippen LogP contribution < -0.4 is 10.6 Å². The molecule has 1 saturated heterocycles. The molecule has 1 aliphatic rings. The summed E-state index contributed by atoms with van der Waals surface area (Å²) < 4.78 is 5.76. The normalized spacial score (nSPS) is 13.6. The number of aromatic nitrogens is 1. The Labute approximate surface area is 283 Å². The number of rotatable bonds is 16. The molecule has 10 nitrogen and oxygen atoms in total. The Bertz CT molecular complexity index is 1440. The average Bonchev–Trinajstić information content (AvgIpc) is 3.45. The third kappa shape index (κ3) is 11.1. The van der Waals surface area contributed by atoms with Crippen LogP contribution in [0.25, 0.3) is 11.1 Å². The number of anilines is 2. The third-order valence-electron chi connectivity index (χ3n) is 8.47. The first-order valence-electron chi connectivity index (χ1n) is 16.8. The molecular formula is C36H50N6O4S. The zero-order valence-corrected chi connectivity index (χ0v) is 29.1. The van der Waals surface area contributed by atoms with Crippen molar-refractivity contribution in [2.24, 2.45) is 0 Å². The molecule has 2 heterocycles. The van der Waals surface area contributed by atoms with Crippen LogP contribution in [0.1, 0.15) is 67.2 Å². The van der Waals surface area contributed by atoms with E-state index >= 15 is 0 Å². The topological polar surface area (TPSA) is 107 Å². The van der Waals surface area contributed by atoms with Gasteiger partial charge >= 0.3 is 6.09 Å². The monoisotopic (exact) mass is 662 g/mol. The van der Waals surface area contributed by atoms with Crippen molar-refractivity contribution in [3.63, 3.8) is 0 Å². The first kappa shape index (κ1) is 35.9. The second-order valence-electron chi connectivity index (χ2n) is 12.2. The van der Waals surface area contributed by atoms with Crippen LogP contribution >= 0.6 is 11.3 Å². The number of amides is 3. The SMILES string of the molecule is CCCN(C)C(=O)c1sc(NCCCCCC(=O)N(C)CCN2CCC(OC(=O)Nc3ccccc3-c3ccccc3)CC2)nc1C. The Hall–Kier alpha value is -3.96. The van der Waals surface area contributed by atoms with Gasteiger partial charge in [-0.1, -0.05) is 73.2 Å². The molecule has 1 fully saturated rings. The molecule has 4 rings (SSSR count). The van der Waals surface area contributed by atoms with Gasteiger partial charge in [-0.25, -0.2) is 9.78 Å². The summed E-state index contributed by atoms with van der Waals surface area (Å²) in [4.78, 5) is 49.1. The van der Waals surface area contributed by atoms with E-state index in [-0.39, 0.29) is 17.9 Å². The Morgan fingerprint density at radius 1 is 0.957 bits per heavy atom. The summed E-state index contributed by atoms with van der Waals surface area (Å²) in [7, 11) is 3.70. The van der Waals surface area contributed by atoms with Gasteiger partial charge in [0.25, 0.3) is 5.91 Å². The molecule has 0 atom stereocenters. The highest BCUT2D eigenvalue weighted by atomic mass is 32.1. The van der Waals surface area contributed by atoms with Crippen LogP contribution in [0.5, 0.6) is 0 Å². The summed E-state index contributed by atoms with van der Waals surface area (Å²) in [5.74, 6) is 0.191. The number of para-hydroxylation sites is 1. The summed E-state index contributed by atoms with van der Waals surface area (Å²) in [6, 6.07) is 17.7. The van der Waals surface area contributed by atoms with Gasteiger partial charge in [-0.3, -0.25) is 14.9 Å². The predicted octanol–water partition coefficient (Wildman–Crippen LogP) is 6.74. The second-order valence-corrected chi connectivity index (χ2v) is 13.2. The Kier molecular flexibility index (Phi) is 14.0. The van der Waals surface area contributed by atoms with E-state index < -0.39 is 6.09 Å². The van der Waals surface area contributed by atoms with E-state index in [0.717, 1.165) is 98.9 Å². The van der Waals surface area contributed by atoms with Gasteiger partial charge in [-0.2, -0.15) is 0 Å². The highest BCUT2D eigenvalue weighted by Gasteiger charge is 2.23. The van der Waals surface area contributed by atoms with Crippen molar-refractivity contribution in [1.29, 1.82) is 0 Å². The minimum atomic E-state index is -0.428. The summed E-state index contributed by atoms with van der Waals surface area (Å²) in [5, 5.41) is 7.04. The number of ether oxygens (including phenoxy) is 1. The molecule has 254 valence electrons. The van der Waals surface area contributed by atoms with Gasteiger partial charge in [-0.15, -0.1) is 0 Å². The van der Waals surface area contributed by atoms with Crippen molar-refractivity contribution in [1.82, 2.24) is 19.7 Å². The van der Waals surface area contributed by atoms with Crippen molar-refractivity contribution in [3.8, 4) is 11.1 Å². The summed E-state index contributed by atoms with van der Waals surface area (Å²) >= 11 is 1.41. The minimum Gasteiger partial charge on any atom is -0.446 e. The van der Waals surface area contributed by atoms with Crippen molar-refractivity contribution < 1.29 is 19.1 Å². The predicted molar refractivity (Wildman–Crippen MR) is 190 cm³/mol. The maximum Gasteiger partial charge on any atom is 0.411 e. The van der Waals surface area contributed by atoms with Crippen LogP contribution in [0.15, 0.2) is 54.6 Å². The Morgan fingerprint density at radius 2 is 1.68 bits per heavy atom. The number of benzene rings is 2. The van der Waals surface area contributed by atoms with Crippen molar-refractivity contribution in [3.05, 3.63) is 65.2 Å². The van der Waals surface area contributed by atoms with Gasteiger partial charge in [0, 0.05) is 65.3 Å². The molecule has 0 unspecified atom stereocenters. The van der Waals surface area contributed by atoms with Gasteiger partial charge in [0.2, 0.25) is 5.91 Å². The summed E-state index contributed by atoms with van der Waals surface area (Å²) in [6.07, 6.45) is 5.17. The van der Waals surface area contributed by atoms with E-state index in [4.69, 9.17) is 4.74 Å². The molecule has 2 N–H and O–H groups in total. The molecule has 0 radical (unpaired) electrons. The molecule has 47 heavy (non-hydrogen) atoms. The lowest BCUT2D eigenvalue weighted by molar-refractivity contribution is -0.130. The fraction of sp³-hybridized carbons (Fsp3) is 0.500. The lowest BCUT2D eigenvalue weighted by atomic mass is 10.0. The molecule has 3 amide bonds. The van der Waals surface area contributed by atoms with E-state index in [1.165, 1.54) is 11.3 Å². The lowest BCUT2D eigenvalue weighted by Crippen LogP contribution is -2.42. The molecule has 1 aromatic heterocycles. The smallest absolute Gasteiger partial charge is 0.411 e. The Morgan fingerprint density at radius 3 is 2.43 bits per heavy atom. The zero-order chi connectivity index (χ0) is 33.6. The molecule has 2 aromatic carbocycles. The van der Waals surface area contributed by atoms with Crippen LogP contribution in [-0.2, 0) is 9.53 Å². The number of nitrogens with zero attached hydrogens (tertiary/aromatic N) is 4. The number of carbonyl (C=O) groups is 3. The number of aryl methyl sites for hydroxylation is 1. The number of piperidine rings is 1. The summed E-state index contributed by atoms with van der Waals surface area (Å²) in [5.41, 5.74) is 3.49. The van der Waals surface area contributed by atoms with Gasteiger partial charge in [0.05, 0.1) is 11.4 Å². The number of likely N-dealkylation sites (N-methyl/N-ethyl adjacent to an activating group) is 1. The van der Waals surface area contributed by atoms with Gasteiger partial charge in [-0.05, 0) is 50.7 Å². The standard InChI is InChI=1S/C36H50N6O4S/c1-5-22-41(4)34(44)33-27(2)38-35(47-33)37-21-13-7-10-18-32(43)40(3)25-26-42-23-19-29(20-24-42)46-36(45)39-31-17-12-11-16-30(31)28-14-8-6-9-15-28/h6,8-9,11-12,14-17,29H,5,7,10,13,18-26H2,1-4H3,(H,37,38)(H,39,45). The molecule has 0 bridgehead atoms. The van der Waals surface area contributed by atoms with Gasteiger partial charge < -0.3 is 24.8 Å². The van der Waals surface area contributed by atoms with Crippen LogP contribution in [0, 0.1) is 6.92 Å². The molecule has 0 aliphatic carbocycles. The molecule has 3 aromatic rings. The number of likely N-dealkylation sites (tertiary alicyclic amines) is 1. The number of thiazole rings is 1. The quantitative estimate of drug-likeness (QED) is 0.164. The first-order valence-corrected chi connectivity index (χ1v) is 17.6. The van der Waals surface area contributed by atoms with Crippen molar-refractivity contribution >= 4 is 40.1 Å².